The second-order valence-electron chi connectivity index (χ2n) is 3.54. The van der Waals surface area contributed by atoms with E-state index in [1.165, 1.54) is 0 Å². The molecule has 2 rings (SSSR count). The Bertz CT molecular complexity index is 512. The van der Waals surface area contributed by atoms with Crippen LogP contribution in [0, 0.1) is 0 Å². The van der Waals surface area contributed by atoms with Gasteiger partial charge < -0.3 is 10.5 Å². The van der Waals surface area contributed by atoms with E-state index in [4.69, 9.17) is 10.5 Å². The highest BCUT2D eigenvalue weighted by molar-refractivity contribution is 5.92. The second-order valence-corrected chi connectivity index (χ2v) is 3.54. The Morgan fingerprint density at radius 3 is 2.88 bits per heavy atom. The molecule has 4 heteroatoms. The van der Waals surface area contributed by atoms with Crippen molar-refractivity contribution in [2.45, 2.75) is 6.61 Å². The summed E-state index contributed by atoms with van der Waals surface area (Å²) in [6.45, 7) is 0.382. The Balaban J connectivity index is 2.04. The van der Waals surface area contributed by atoms with E-state index in [0.29, 0.717) is 17.9 Å². The molecule has 86 valence electrons. The molecule has 1 amide bonds. The Morgan fingerprint density at radius 2 is 2.18 bits per heavy atom. The fourth-order valence-corrected chi connectivity index (χ4v) is 1.41. The largest absolute Gasteiger partial charge is 0.487 e. The molecule has 0 aliphatic rings. The van der Waals surface area contributed by atoms with Gasteiger partial charge >= 0.3 is 0 Å². The SMILES string of the molecule is NC(=O)c1cccc(COc2cccnc2)c1. The smallest absolute Gasteiger partial charge is 0.248 e. The molecule has 17 heavy (non-hydrogen) atoms. The van der Waals surface area contributed by atoms with Gasteiger partial charge in [-0.3, -0.25) is 9.78 Å². The van der Waals surface area contributed by atoms with Gasteiger partial charge in [-0.05, 0) is 29.8 Å². The number of nitrogens with zero attached hydrogens (tertiary/aromatic N) is 1. The van der Waals surface area contributed by atoms with Crippen molar-refractivity contribution in [1.29, 1.82) is 0 Å². The van der Waals surface area contributed by atoms with E-state index in [9.17, 15) is 4.79 Å². The zero-order valence-corrected chi connectivity index (χ0v) is 9.17. The van der Waals surface area contributed by atoms with Crippen LogP contribution in [0.5, 0.6) is 5.75 Å². The molecule has 0 bridgehead atoms. The first-order chi connectivity index (χ1) is 8.25. The number of nitrogens with two attached hydrogens (primary N) is 1. The maximum Gasteiger partial charge on any atom is 0.248 e. The Morgan fingerprint density at radius 1 is 1.29 bits per heavy atom. The molecule has 4 nitrogen and oxygen atoms in total. The van der Waals surface area contributed by atoms with Crippen LogP contribution >= 0.6 is 0 Å². The number of primary amides is 1. The van der Waals surface area contributed by atoms with Crippen LogP contribution in [0.1, 0.15) is 15.9 Å². The maximum absolute atomic E-state index is 11.0. The molecule has 0 saturated heterocycles. The molecule has 0 atom stereocenters. The molecule has 0 unspecified atom stereocenters. The minimum absolute atomic E-state index is 0.382. The van der Waals surface area contributed by atoms with Gasteiger partial charge in [0, 0.05) is 11.8 Å². The highest BCUT2D eigenvalue weighted by Gasteiger charge is 2.01. The summed E-state index contributed by atoms with van der Waals surface area (Å²) in [5.74, 6) is 0.255. The molecule has 0 radical (unpaired) electrons. The fraction of sp³-hybridized carbons (Fsp3) is 0.0769. The van der Waals surface area contributed by atoms with Crippen molar-refractivity contribution < 1.29 is 9.53 Å². The first-order valence-electron chi connectivity index (χ1n) is 5.17. The number of benzene rings is 1. The van der Waals surface area contributed by atoms with Crippen LogP contribution in [0.3, 0.4) is 0 Å². The molecule has 1 heterocycles. The molecule has 0 spiro atoms. The summed E-state index contributed by atoms with van der Waals surface area (Å²) in [5.41, 5.74) is 6.58. The van der Waals surface area contributed by atoms with Crippen LogP contribution < -0.4 is 10.5 Å². The van der Waals surface area contributed by atoms with Gasteiger partial charge in [0.1, 0.15) is 12.4 Å². The lowest BCUT2D eigenvalue weighted by Crippen LogP contribution is -2.11. The number of aromatic nitrogens is 1. The van der Waals surface area contributed by atoms with Crippen LogP contribution in [0.2, 0.25) is 0 Å². The van der Waals surface area contributed by atoms with Crippen molar-refractivity contribution in [2.24, 2.45) is 5.73 Å². The van der Waals surface area contributed by atoms with Gasteiger partial charge in [-0.15, -0.1) is 0 Å². The van der Waals surface area contributed by atoms with Gasteiger partial charge in [0.25, 0.3) is 0 Å². The molecule has 2 aromatic rings. The summed E-state index contributed by atoms with van der Waals surface area (Å²) in [6.07, 6.45) is 3.32. The second kappa shape index (κ2) is 5.12. The number of hydrogen-bond acceptors (Lipinski definition) is 3. The Labute approximate surface area is 99.1 Å². The number of ether oxygens (including phenoxy) is 1. The van der Waals surface area contributed by atoms with E-state index < -0.39 is 5.91 Å². The molecular weight excluding hydrogens is 216 g/mol. The third-order valence-corrected chi connectivity index (χ3v) is 2.25. The zero-order valence-electron chi connectivity index (χ0n) is 9.17. The third-order valence-electron chi connectivity index (χ3n) is 2.25. The standard InChI is InChI=1S/C13H12N2O2/c14-13(16)11-4-1-3-10(7-11)9-17-12-5-2-6-15-8-12/h1-8H,9H2,(H2,14,16). The quantitative estimate of drug-likeness (QED) is 0.867. The van der Waals surface area contributed by atoms with E-state index in [2.05, 4.69) is 4.98 Å². The van der Waals surface area contributed by atoms with Crippen molar-refractivity contribution in [3.05, 3.63) is 59.9 Å². The third kappa shape index (κ3) is 3.04. The van der Waals surface area contributed by atoms with Gasteiger partial charge in [-0.1, -0.05) is 12.1 Å². The van der Waals surface area contributed by atoms with Crippen LogP contribution in [0.4, 0.5) is 0 Å². The number of carbonyl (C=O) groups excluding carboxylic acids is 1. The highest BCUT2D eigenvalue weighted by atomic mass is 16.5. The normalized spacial score (nSPS) is 9.88. The van der Waals surface area contributed by atoms with E-state index in [-0.39, 0.29) is 0 Å². The molecule has 0 aliphatic carbocycles. The molecule has 2 N–H and O–H groups in total. The molecule has 0 fully saturated rings. The Hall–Kier alpha value is -2.36. The molecular formula is C13H12N2O2. The maximum atomic E-state index is 11.0. The summed E-state index contributed by atoms with van der Waals surface area (Å²) < 4.78 is 5.51. The average molecular weight is 228 g/mol. The van der Waals surface area contributed by atoms with Crippen LogP contribution in [-0.2, 0) is 6.61 Å². The van der Waals surface area contributed by atoms with Gasteiger partial charge in [-0.2, -0.15) is 0 Å². The van der Waals surface area contributed by atoms with Crippen molar-refractivity contribution in [3.8, 4) is 5.75 Å². The molecule has 1 aromatic heterocycles. The van der Waals surface area contributed by atoms with Crippen molar-refractivity contribution in [2.75, 3.05) is 0 Å². The molecule has 0 aliphatic heterocycles. The lowest BCUT2D eigenvalue weighted by Gasteiger charge is -2.06. The molecule has 1 aromatic carbocycles. The number of rotatable bonds is 4. The van der Waals surface area contributed by atoms with Crippen molar-refractivity contribution in [1.82, 2.24) is 4.98 Å². The minimum atomic E-state index is -0.437. The lowest BCUT2D eigenvalue weighted by molar-refractivity contribution is 0.1000. The summed E-state index contributed by atoms with van der Waals surface area (Å²) in [4.78, 5) is 14.9. The van der Waals surface area contributed by atoms with E-state index in [1.807, 2.05) is 12.1 Å². The number of amides is 1. The number of hydrogen-bond donors (Lipinski definition) is 1. The van der Waals surface area contributed by atoms with Crippen molar-refractivity contribution >= 4 is 5.91 Å². The lowest BCUT2D eigenvalue weighted by atomic mass is 10.1. The van der Waals surface area contributed by atoms with E-state index >= 15 is 0 Å². The van der Waals surface area contributed by atoms with Gasteiger partial charge in [0.15, 0.2) is 0 Å². The summed E-state index contributed by atoms with van der Waals surface area (Å²) >= 11 is 0. The zero-order chi connectivity index (χ0) is 12.1. The average Bonchev–Trinajstić information content (AvgIpc) is 2.38. The van der Waals surface area contributed by atoms with Crippen LogP contribution in [0.15, 0.2) is 48.8 Å². The Kier molecular flexibility index (Phi) is 3.35. The monoisotopic (exact) mass is 228 g/mol. The summed E-state index contributed by atoms with van der Waals surface area (Å²) in [7, 11) is 0. The molecule has 0 saturated carbocycles. The minimum Gasteiger partial charge on any atom is -0.487 e. The first-order valence-corrected chi connectivity index (χ1v) is 5.17. The van der Waals surface area contributed by atoms with E-state index in [1.54, 1.807) is 36.7 Å². The predicted molar refractivity (Wildman–Crippen MR) is 63.5 cm³/mol. The van der Waals surface area contributed by atoms with E-state index in [0.717, 1.165) is 5.56 Å². The van der Waals surface area contributed by atoms with Gasteiger partial charge in [-0.25, -0.2) is 0 Å². The van der Waals surface area contributed by atoms with Gasteiger partial charge in [0.2, 0.25) is 5.91 Å². The summed E-state index contributed by atoms with van der Waals surface area (Å²) in [6, 6.07) is 10.7. The summed E-state index contributed by atoms with van der Waals surface area (Å²) in [5, 5.41) is 0. The van der Waals surface area contributed by atoms with Gasteiger partial charge in [0.05, 0.1) is 6.20 Å². The topological polar surface area (TPSA) is 65.2 Å². The highest BCUT2D eigenvalue weighted by Crippen LogP contribution is 2.11. The van der Waals surface area contributed by atoms with Crippen molar-refractivity contribution in [3.63, 3.8) is 0 Å². The van der Waals surface area contributed by atoms with Crippen LogP contribution in [0.25, 0.3) is 0 Å². The fourth-order valence-electron chi connectivity index (χ4n) is 1.41. The first kappa shape index (κ1) is 11.1. The number of pyridine rings is 1. The predicted octanol–water partition coefficient (Wildman–Crippen LogP) is 1.76. The number of carbonyl (C=O) groups is 1. The van der Waals surface area contributed by atoms with Crippen LogP contribution in [-0.4, -0.2) is 10.9 Å².